The van der Waals surface area contributed by atoms with Crippen molar-refractivity contribution in [1.82, 2.24) is 0 Å². The van der Waals surface area contributed by atoms with Crippen molar-refractivity contribution in [1.29, 1.82) is 0 Å². The largest absolute Gasteiger partial charge is 0.488 e. The maximum atomic E-state index is 6.03. The molecule has 0 bridgehead atoms. The summed E-state index contributed by atoms with van der Waals surface area (Å²) >= 11 is 12.1. The number of hydrogen-bond donors (Lipinski definition) is 1. The van der Waals surface area contributed by atoms with Crippen LogP contribution in [0.1, 0.15) is 13.8 Å². The van der Waals surface area contributed by atoms with Gasteiger partial charge in [0.15, 0.2) is 5.75 Å². The lowest BCUT2D eigenvalue weighted by molar-refractivity contribution is -0.915. The average molecular weight is 349 g/mol. The zero-order chi connectivity index (χ0) is 15.9. The molecule has 0 amide bonds. The molecule has 1 aliphatic heterocycles. The molecule has 1 aliphatic rings. The summed E-state index contributed by atoms with van der Waals surface area (Å²) in [6.45, 7) is 9.00. The predicted octanol–water partition coefficient (Wildman–Crippen LogP) is 2.08. The Morgan fingerprint density at radius 2 is 1.73 bits per heavy atom. The van der Waals surface area contributed by atoms with Gasteiger partial charge in [0.25, 0.3) is 0 Å². The van der Waals surface area contributed by atoms with Gasteiger partial charge in [0.1, 0.15) is 38.4 Å². The van der Waals surface area contributed by atoms with E-state index in [-0.39, 0.29) is 0 Å². The van der Waals surface area contributed by atoms with E-state index in [4.69, 9.17) is 37.4 Å². The van der Waals surface area contributed by atoms with Crippen LogP contribution in [0.15, 0.2) is 18.2 Å². The van der Waals surface area contributed by atoms with E-state index in [2.05, 4.69) is 13.8 Å². The number of benzene rings is 1. The second-order valence-electron chi connectivity index (χ2n) is 5.68. The van der Waals surface area contributed by atoms with Gasteiger partial charge in [0, 0.05) is 0 Å². The Morgan fingerprint density at radius 3 is 2.36 bits per heavy atom. The highest BCUT2D eigenvalue weighted by molar-refractivity contribution is 6.37. The molecule has 2 atom stereocenters. The van der Waals surface area contributed by atoms with Gasteiger partial charge in [0.05, 0.1) is 23.3 Å². The summed E-state index contributed by atoms with van der Waals surface area (Å²) in [5, 5.41) is 1.04. The number of nitrogens with one attached hydrogen (secondary N) is 1. The van der Waals surface area contributed by atoms with Crippen molar-refractivity contribution in [3.05, 3.63) is 28.2 Å². The third-order valence-corrected chi connectivity index (χ3v) is 4.21. The Morgan fingerprint density at radius 1 is 1.09 bits per heavy atom. The van der Waals surface area contributed by atoms with Crippen molar-refractivity contribution in [2.24, 2.45) is 0 Å². The summed E-state index contributed by atoms with van der Waals surface area (Å²) in [4.78, 5) is 1.53. The molecule has 22 heavy (non-hydrogen) atoms. The van der Waals surface area contributed by atoms with Gasteiger partial charge in [-0.1, -0.05) is 29.3 Å². The Labute approximate surface area is 142 Å². The summed E-state index contributed by atoms with van der Waals surface area (Å²) in [6, 6.07) is 5.31. The number of morpholine rings is 1. The quantitative estimate of drug-likeness (QED) is 0.765. The van der Waals surface area contributed by atoms with E-state index >= 15 is 0 Å². The summed E-state index contributed by atoms with van der Waals surface area (Å²) in [5.41, 5.74) is 0. The first-order valence-corrected chi connectivity index (χ1v) is 8.45. The molecule has 124 valence electrons. The van der Waals surface area contributed by atoms with Crippen LogP contribution in [0.3, 0.4) is 0 Å². The lowest BCUT2D eigenvalue weighted by Gasteiger charge is -2.32. The van der Waals surface area contributed by atoms with Crippen LogP contribution in [-0.4, -0.2) is 51.7 Å². The van der Waals surface area contributed by atoms with Crippen LogP contribution in [0.25, 0.3) is 0 Å². The van der Waals surface area contributed by atoms with Gasteiger partial charge in [0.2, 0.25) is 0 Å². The molecule has 1 heterocycles. The van der Waals surface area contributed by atoms with Crippen molar-refractivity contribution in [2.75, 3.05) is 39.5 Å². The van der Waals surface area contributed by atoms with Crippen molar-refractivity contribution in [3.8, 4) is 5.75 Å². The topological polar surface area (TPSA) is 32.1 Å². The van der Waals surface area contributed by atoms with E-state index < -0.39 is 0 Å². The Bertz CT molecular complexity index is 442. The van der Waals surface area contributed by atoms with Crippen molar-refractivity contribution in [3.63, 3.8) is 0 Å². The minimum Gasteiger partial charge on any atom is -0.488 e. The van der Waals surface area contributed by atoms with Crippen molar-refractivity contribution >= 4 is 23.2 Å². The number of quaternary nitrogens is 1. The van der Waals surface area contributed by atoms with Crippen LogP contribution in [-0.2, 0) is 9.47 Å². The van der Waals surface area contributed by atoms with Gasteiger partial charge in [-0.3, -0.25) is 0 Å². The molecule has 0 spiro atoms. The number of rotatable bonds is 7. The zero-order valence-corrected chi connectivity index (χ0v) is 14.6. The molecule has 0 aliphatic carbocycles. The fourth-order valence-electron chi connectivity index (χ4n) is 2.73. The second-order valence-corrected chi connectivity index (χ2v) is 6.49. The van der Waals surface area contributed by atoms with Gasteiger partial charge in [-0.15, -0.1) is 0 Å². The number of para-hydroxylation sites is 1. The van der Waals surface area contributed by atoms with Crippen LogP contribution >= 0.6 is 23.2 Å². The van der Waals surface area contributed by atoms with Gasteiger partial charge in [-0.25, -0.2) is 0 Å². The van der Waals surface area contributed by atoms with Crippen LogP contribution < -0.4 is 9.64 Å². The molecule has 1 fully saturated rings. The van der Waals surface area contributed by atoms with Gasteiger partial charge >= 0.3 is 0 Å². The van der Waals surface area contributed by atoms with E-state index in [0.717, 1.165) is 19.6 Å². The lowest BCUT2D eigenvalue weighted by Crippen LogP contribution is -3.15. The second kappa shape index (κ2) is 8.94. The molecule has 1 aromatic carbocycles. The molecule has 2 rings (SSSR count). The molecule has 0 aromatic heterocycles. The molecule has 0 unspecified atom stereocenters. The van der Waals surface area contributed by atoms with Gasteiger partial charge in [-0.05, 0) is 26.0 Å². The third-order valence-electron chi connectivity index (χ3n) is 3.61. The number of halogens is 2. The molecule has 4 nitrogen and oxygen atoms in total. The Balaban J connectivity index is 1.60. The maximum absolute atomic E-state index is 6.03. The van der Waals surface area contributed by atoms with Crippen LogP contribution in [0.4, 0.5) is 0 Å². The first kappa shape index (κ1) is 17.8. The Hall–Kier alpha value is -0.520. The monoisotopic (exact) mass is 348 g/mol. The maximum Gasteiger partial charge on any atom is 0.156 e. The minimum absolute atomic E-state index is 0.324. The van der Waals surface area contributed by atoms with Crippen LogP contribution in [0.5, 0.6) is 5.75 Å². The highest BCUT2D eigenvalue weighted by Crippen LogP contribution is 2.32. The van der Waals surface area contributed by atoms with Crippen LogP contribution in [0.2, 0.25) is 10.0 Å². The SMILES string of the molecule is C[C@@H]1C[NH+](CCOCCOc2c(Cl)cccc2Cl)C[C@@H](C)O1. The molecule has 1 saturated heterocycles. The zero-order valence-electron chi connectivity index (χ0n) is 13.1. The minimum atomic E-state index is 0.324. The normalized spacial score (nSPS) is 25.2. The molecule has 6 heteroatoms. The fourth-order valence-corrected chi connectivity index (χ4v) is 3.24. The standard InChI is InChI=1S/C16H23Cl2NO3/c1-12-10-19(11-13(2)22-12)6-7-20-8-9-21-16-14(17)4-3-5-15(16)18/h3-5,12-13H,6-11H2,1-2H3/p+1/t12-,13-/m1/s1. The van der Waals surface area contributed by atoms with E-state index in [9.17, 15) is 0 Å². The molecule has 1 N–H and O–H groups in total. The first-order valence-electron chi connectivity index (χ1n) is 7.70. The Kier molecular flexibility index (Phi) is 7.25. The number of ether oxygens (including phenoxy) is 3. The number of hydrogen-bond acceptors (Lipinski definition) is 3. The average Bonchev–Trinajstić information content (AvgIpc) is 2.44. The molecular weight excluding hydrogens is 325 g/mol. The first-order chi connectivity index (χ1) is 10.6. The van der Waals surface area contributed by atoms with E-state index in [1.807, 2.05) is 0 Å². The van der Waals surface area contributed by atoms with Gasteiger partial charge < -0.3 is 19.1 Å². The smallest absolute Gasteiger partial charge is 0.156 e. The predicted molar refractivity (Wildman–Crippen MR) is 88.3 cm³/mol. The lowest BCUT2D eigenvalue weighted by atomic mass is 10.2. The summed E-state index contributed by atoms with van der Waals surface area (Å²) in [5.74, 6) is 0.524. The highest BCUT2D eigenvalue weighted by Gasteiger charge is 2.24. The van der Waals surface area contributed by atoms with E-state index in [1.54, 1.807) is 18.2 Å². The highest BCUT2D eigenvalue weighted by atomic mass is 35.5. The third kappa shape index (κ3) is 5.60. The summed E-state index contributed by atoms with van der Waals surface area (Å²) in [6.07, 6.45) is 0.647. The fraction of sp³-hybridized carbons (Fsp3) is 0.625. The van der Waals surface area contributed by atoms with Crippen molar-refractivity contribution in [2.45, 2.75) is 26.1 Å². The molecule has 1 aromatic rings. The van der Waals surface area contributed by atoms with Gasteiger partial charge in [-0.2, -0.15) is 0 Å². The summed E-state index contributed by atoms with van der Waals surface area (Å²) in [7, 11) is 0. The van der Waals surface area contributed by atoms with E-state index in [0.29, 0.717) is 47.8 Å². The molecule has 0 saturated carbocycles. The summed E-state index contributed by atoms with van der Waals surface area (Å²) < 4.78 is 16.9. The van der Waals surface area contributed by atoms with Crippen LogP contribution in [0, 0.1) is 0 Å². The van der Waals surface area contributed by atoms with Crippen molar-refractivity contribution < 1.29 is 19.1 Å². The molecule has 0 radical (unpaired) electrons. The van der Waals surface area contributed by atoms with E-state index in [1.165, 1.54) is 4.90 Å². The molecular formula is C16H24Cl2NO3+.